The third-order valence-corrected chi connectivity index (χ3v) is 3.65. The number of nitro groups is 1. The molecule has 0 bridgehead atoms. The van der Waals surface area contributed by atoms with Gasteiger partial charge in [-0.2, -0.15) is 0 Å². The van der Waals surface area contributed by atoms with Crippen LogP contribution in [0.25, 0.3) is 0 Å². The fraction of sp³-hybridized carbons (Fsp3) is 0.222. The molecule has 2 amide bonds. The maximum absolute atomic E-state index is 12.9. The molecule has 0 saturated heterocycles. The van der Waals surface area contributed by atoms with Gasteiger partial charge in [-0.3, -0.25) is 19.7 Å². The number of nitrogens with one attached hydrogen (secondary N) is 1. The monoisotopic (exact) mass is 391 g/mol. The van der Waals surface area contributed by atoms with Gasteiger partial charge in [-0.15, -0.1) is 0 Å². The van der Waals surface area contributed by atoms with E-state index in [4.69, 9.17) is 9.47 Å². The third-order valence-electron chi connectivity index (χ3n) is 3.65. The summed E-state index contributed by atoms with van der Waals surface area (Å²) in [6.45, 7) is -0.766. The molecule has 0 spiro atoms. The molecule has 10 heteroatoms. The van der Waals surface area contributed by atoms with E-state index in [0.717, 1.165) is 4.90 Å². The standard InChI is InChI=1S/C18H18FN3O6/c1-21(10-17(23)20-13-5-3-12(19)4-6-13)18(24)11-28-16-8-7-14(27-2)9-15(16)22(25)26/h3-9H,10-11H2,1-2H3,(H,20,23). The molecule has 0 atom stereocenters. The zero-order chi connectivity index (χ0) is 20.7. The number of rotatable bonds is 8. The average Bonchev–Trinajstić information content (AvgIpc) is 2.67. The summed E-state index contributed by atoms with van der Waals surface area (Å²) in [5.41, 5.74) is 0.0428. The Morgan fingerprint density at radius 1 is 1.21 bits per heavy atom. The largest absolute Gasteiger partial charge is 0.496 e. The molecule has 0 aliphatic heterocycles. The molecule has 0 radical (unpaired) electrons. The van der Waals surface area contributed by atoms with Crippen LogP contribution in [-0.2, 0) is 9.59 Å². The van der Waals surface area contributed by atoms with Crippen LogP contribution >= 0.6 is 0 Å². The molecular formula is C18H18FN3O6. The van der Waals surface area contributed by atoms with E-state index < -0.39 is 29.2 Å². The molecule has 2 aromatic carbocycles. The number of hydrogen-bond donors (Lipinski definition) is 1. The summed E-state index contributed by atoms with van der Waals surface area (Å²) < 4.78 is 23.0. The molecule has 0 aliphatic rings. The Bertz CT molecular complexity index is 872. The smallest absolute Gasteiger partial charge is 0.314 e. The number of methoxy groups -OCH3 is 1. The van der Waals surface area contributed by atoms with Crippen LogP contribution in [-0.4, -0.2) is 48.9 Å². The van der Waals surface area contributed by atoms with Crippen molar-refractivity contribution < 1.29 is 28.4 Å². The lowest BCUT2D eigenvalue weighted by atomic mass is 10.3. The van der Waals surface area contributed by atoms with Crippen molar-refractivity contribution in [2.45, 2.75) is 0 Å². The number of hydrogen-bond acceptors (Lipinski definition) is 6. The van der Waals surface area contributed by atoms with Gasteiger partial charge in [0.1, 0.15) is 11.6 Å². The topological polar surface area (TPSA) is 111 Å². The molecule has 0 heterocycles. The Balaban J connectivity index is 1.91. The van der Waals surface area contributed by atoms with Crippen molar-refractivity contribution in [1.29, 1.82) is 0 Å². The predicted molar refractivity (Wildman–Crippen MR) is 97.8 cm³/mol. The second-order valence-corrected chi connectivity index (χ2v) is 5.68. The van der Waals surface area contributed by atoms with E-state index in [2.05, 4.69) is 5.32 Å². The quantitative estimate of drug-likeness (QED) is 0.546. The minimum atomic E-state index is -0.651. The van der Waals surface area contributed by atoms with Crippen LogP contribution in [0.5, 0.6) is 11.5 Å². The first-order valence-electron chi connectivity index (χ1n) is 8.04. The Kier molecular flexibility index (Phi) is 6.85. The summed E-state index contributed by atoms with van der Waals surface area (Å²) >= 11 is 0. The number of benzene rings is 2. The minimum absolute atomic E-state index is 0.0942. The maximum Gasteiger partial charge on any atom is 0.314 e. The first-order chi connectivity index (χ1) is 13.3. The maximum atomic E-state index is 12.9. The summed E-state index contributed by atoms with van der Waals surface area (Å²) in [5, 5.41) is 13.6. The highest BCUT2D eigenvalue weighted by atomic mass is 19.1. The second-order valence-electron chi connectivity index (χ2n) is 5.68. The van der Waals surface area contributed by atoms with E-state index in [-0.39, 0.29) is 23.7 Å². The van der Waals surface area contributed by atoms with Crippen LogP contribution in [0.1, 0.15) is 0 Å². The molecule has 0 saturated carbocycles. The summed E-state index contributed by atoms with van der Waals surface area (Å²) in [6.07, 6.45) is 0. The van der Waals surface area contributed by atoms with Gasteiger partial charge in [0.15, 0.2) is 12.4 Å². The fourth-order valence-corrected chi connectivity index (χ4v) is 2.18. The lowest BCUT2D eigenvalue weighted by molar-refractivity contribution is -0.385. The zero-order valence-electron chi connectivity index (χ0n) is 15.2. The minimum Gasteiger partial charge on any atom is -0.496 e. The van der Waals surface area contributed by atoms with Crippen LogP contribution < -0.4 is 14.8 Å². The number of nitro benzene ring substituents is 1. The second kappa shape index (κ2) is 9.31. The fourth-order valence-electron chi connectivity index (χ4n) is 2.18. The van der Waals surface area contributed by atoms with Crippen LogP contribution in [0.3, 0.4) is 0 Å². The SMILES string of the molecule is COc1ccc(OCC(=O)N(C)CC(=O)Nc2ccc(F)cc2)c([N+](=O)[O-])c1. The van der Waals surface area contributed by atoms with Crippen molar-refractivity contribution in [2.24, 2.45) is 0 Å². The van der Waals surface area contributed by atoms with Crippen molar-refractivity contribution in [2.75, 3.05) is 32.6 Å². The van der Waals surface area contributed by atoms with Crippen LogP contribution in [0.2, 0.25) is 0 Å². The van der Waals surface area contributed by atoms with E-state index in [1.165, 1.54) is 56.6 Å². The average molecular weight is 391 g/mol. The molecule has 0 fully saturated rings. The van der Waals surface area contributed by atoms with Crippen molar-refractivity contribution in [3.8, 4) is 11.5 Å². The summed E-state index contributed by atoms with van der Waals surface area (Å²) in [5.74, 6) is -1.30. The van der Waals surface area contributed by atoms with Crippen molar-refractivity contribution in [3.63, 3.8) is 0 Å². The number of carbonyl (C=O) groups is 2. The number of carbonyl (C=O) groups excluding carboxylic acids is 2. The highest BCUT2D eigenvalue weighted by Crippen LogP contribution is 2.30. The highest BCUT2D eigenvalue weighted by Gasteiger charge is 2.19. The number of halogens is 1. The zero-order valence-corrected chi connectivity index (χ0v) is 15.2. The Labute approximate surface area is 159 Å². The molecule has 28 heavy (non-hydrogen) atoms. The van der Waals surface area contributed by atoms with Crippen molar-refractivity contribution in [1.82, 2.24) is 4.90 Å². The van der Waals surface area contributed by atoms with Gasteiger partial charge >= 0.3 is 5.69 Å². The van der Waals surface area contributed by atoms with Gasteiger partial charge in [-0.1, -0.05) is 0 Å². The summed E-state index contributed by atoms with van der Waals surface area (Å²) in [7, 11) is 2.76. The van der Waals surface area contributed by atoms with Gasteiger partial charge in [0.05, 0.1) is 24.6 Å². The van der Waals surface area contributed by atoms with Gasteiger partial charge in [-0.05, 0) is 36.4 Å². The Morgan fingerprint density at radius 3 is 2.50 bits per heavy atom. The van der Waals surface area contributed by atoms with Gasteiger partial charge in [0.25, 0.3) is 5.91 Å². The van der Waals surface area contributed by atoms with Gasteiger partial charge < -0.3 is 19.7 Å². The highest BCUT2D eigenvalue weighted by molar-refractivity contribution is 5.94. The number of nitrogens with zero attached hydrogens (tertiary/aromatic N) is 2. The van der Waals surface area contributed by atoms with E-state index in [1.54, 1.807) is 0 Å². The van der Waals surface area contributed by atoms with Gasteiger partial charge in [0, 0.05) is 12.7 Å². The molecule has 0 aliphatic carbocycles. The number of amides is 2. The molecule has 2 aromatic rings. The molecule has 0 aromatic heterocycles. The third kappa shape index (κ3) is 5.66. The lowest BCUT2D eigenvalue weighted by Gasteiger charge is -2.17. The molecule has 2 rings (SSSR count). The van der Waals surface area contributed by atoms with Crippen LogP contribution in [0.15, 0.2) is 42.5 Å². The van der Waals surface area contributed by atoms with Crippen molar-refractivity contribution in [3.05, 3.63) is 58.4 Å². The summed E-state index contributed by atoms with van der Waals surface area (Å²) in [6, 6.07) is 9.14. The van der Waals surface area contributed by atoms with Crippen LogP contribution in [0.4, 0.5) is 15.8 Å². The molecule has 0 unspecified atom stereocenters. The normalized spacial score (nSPS) is 10.1. The first kappa shape index (κ1) is 20.6. The molecule has 9 nitrogen and oxygen atoms in total. The van der Waals surface area contributed by atoms with E-state index in [0.29, 0.717) is 5.69 Å². The van der Waals surface area contributed by atoms with Gasteiger partial charge in [-0.25, -0.2) is 4.39 Å². The molecular weight excluding hydrogens is 373 g/mol. The molecule has 148 valence electrons. The predicted octanol–water partition coefficient (Wildman–Crippen LogP) is 2.22. The first-order valence-corrected chi connectivity index (χ1v) is 8.04. The van der Waals surface area contributed by atoms with E-state index in [9.17, 15) is 24.1 Å². The Hall–Kier alpha value is -3.69. The number of ether oxygens (including phenoxy) is 2. The van der Waals surface area contributed by atoms with Gasteiger partial charge in [0.2, 0.25) is 5.91 Å². The van der Waals surface area contributed by atoms with E-state index in [1.807, 2.05) is 0 Å². The summed E-state index contributed by atoms with van der Waals surface area (Å²) in [4.78, 5) is 35.6. The number of anilines is 1. The van der Waals surface area contributed by atoms with Crippen molar-refractivity contribution >= 4 is 23.2 Å². The lowest BCUT2D eigenvalue weighted by Crippen LogP contribution is -2.37. The van der Waals surface area contributed by atoms with Crippen LogP contribution in [0, 0.1) is 15.9 Å². The Morgan fingerprint density at radius 2 is 1.89 bits per heavy atom. The number of likely N-dealkylation sites (N-methyl/N-ethyl adjacent to an activating group) is 1. The van der Waals surface area contributed by atoms with E-state index >= 15 is 0 Å². The molecule has 1 N–H and O–H groups in total.